The number of imidazole rings is 1. The molecule has 3 atom stereocenters. The van der Waals surface area contributed by atoms with E-state index in [4.69, 9.17) is 10.5 Å². The zero-order valence-corrected chi connectivity index (χ0v) is 10.4. The first-order valence-corrected chi connectivity index (χ1v) is 5.98. The molecule has 2 aromatic rings. The van der Waals surface area contributed by atoms with E-state index in [9.17, 15) is 10.2 Å². The molecule has 0 aromatic carbocycles. The fourth-order valence-electron chi connectivity index (χ4n) is 2.51. The Balaban J connectivity index is 2.08. The van der Waals surface area contributed by atoms with Crippen LogP contribution in [0.2, 0.25) is 0 Å². The predicted octanol–water partition coefficient (Wildman–Crippen LogP) is -0.669. The number of hydrogen-bond acceptors (Lipinski definition) is 7. The van der Waals surface area contributed by atoms with Crippen molar-refractivity contribution < 1.29 is 14.9 Å². The number of nitrogen functional groups attached to an aromatic ring is 1. The average molecular weight is 265 g/mol. The van der Waals surface area contributed by atoms with E-state index < -0.39 is 6.10 Å². The van der Waals surface area contributed by atoms with E-state index in [-0.39, 0.29) is 24.5 Å². The van der Waals surface area contributed by atoms with Crippen molar-refractivity contribution in [2.45, 2.75) is 18.6 Å². The molecular weight excluding hydrogens is 250 g/mol. The predicted molar refractivity (Wildman–Crippen MR) is 66.5 cm³/mol. The third-order valence-corrected chi connectivity index (χ3v) is 3.64. The Kier molecular flexibility index (Phi) is 2.76. The third kappa shape index (κ3) is 1.71. The molecule has 0 saturated heterocycles. The summed E-state index contributed by atoms with van der Waals surface area (Å²) < 4.78 is 6.93. The van der Waals surface area contributed by atoms with Gasteiger partial charge in [-0.1, -0.05) is 0 Å². The summed E-state index contributed by atoms with van der Waals surface area (Å²) in [6.07, 6.45) is 1.68. The Bertz CT molecular complexity index is 614. The lowest BCUT2D eigenvalue weighted by molar-refractivity contribution is -0.0512. The molecule has 4 N–H and O–H groups in total. The van der Waals surface area contributed by atoms with Crippen molar-refractivity contribution in [1.82, 2.24) is 19.5 Å². The van der Waals surface area contributed by atoms with Gasteiger partial charge in [-0.05, 0) is 6.42 Å². The van der Waals surface area contributed by atoms with E-state index in [1.54, 1.807) is 6.33 Å². The molecule has 0 amide bonds. The second kappa shape index (κ2) is 4.32. The number of methoxy groups -OCH3 is 1. The van der Waals surface area contributed by atoms with E-state index in [2.05, 4.69) is 15.0 Å². The highest BCUT2D eigenvalue weighted by Crippen LogP contribution is 2.40. The molecule has 0 unspecified atom stereocenters. The molecule has 2 aromatic heterocycles. The molecule has 8 heteroatoms. The van der Waals surface area contributed by atoms with E-state index in [0.717, 1.165) is 0 Å². The molecule has 102 valence electrons. The Morgan fingerprint density at radius 3 is 2.95 bits per heavy atom. The normalized spacial score (nSPS) is 26.4. The summed E-state index contributed by atoms with van der Waals surface area (Å²) >= 11 is 0. The van der Waals surface area contributed by atoms with Crippen LogP contribution in [0.25, 0.3) is 11.2 Å². The lowest BCUT2D eigenvalue weighted by Gasteiger charge is -2.41. The second-order valence-electron chi connectivity index (χ2n) is 4.63. The highest BCUT2D eigenvalue weighted by atomic mass is 16.5. The van der Waals surface area contributed by atoms with E-state index in [1.807, 2.05) is 4.57 Å². The van der Waals surface area contributed by atoms with E-state index in [1.165, 1.54) is 7.11 Å². The number of nitrogens with zero attached hydrogens (tertiary/aromatic N) is 4. The van der Waals surface area contributed by atoms with Crippen LogP contribution in [0.4, 0.5) is 5.95 Å². The number of aliphatic hydroxyl groups excluding tert-OH is 2. The zero-order valence-electron chi connectivity index (χ0n) is 10.4. The first-order valence-electron chi connectivity index (χ1n) is 5.98. The second-order valence-corrected chi connectivity index (χ2v) is 4.63. The Morgan fingerprint density at radius 2 is 2.32 bits per heavy atom. The van der Waals surface area contributed by atoms with Crippen LogP contribution in [0.3, 0.4) is 0 Å². The van der Waals surface area contributed by atoms with Gasteiger partial charge in [0, 0.05) is 12.0 Å². The van der Waals surface area contributed by atoms with Crippen molar-refractivity contribution in [3.63, 3.8) is 0 Å². The largest absolute Gasteiger partial charge is 0.479 e. The number of aliphatic hydroxyl groups is 2. The Labute approximate surface area is 108 Å². The number of aromatic nitrogens is 4. The molecule has 1 fully saturated rings. The maximum atomic E-state index is 9.63. The van der Waals surface area contributed by atoms with Gasteiger partial charge in [0.25, 0.3) is 0 Å². The standard InChI is InChI=1S/C11H15N5O3/c1-19-10-8-9(14-11(12)15-10)16(4-13-8)6-2-7(18)5(6)3-17/h4-7,17-18H,2-3H2,1H3,(H2,12,14,15)/t5-,6+,7-/m1/s1. The van der Waals surface area contributed by atoms with Gasteiger partial charge in [-0.3, -0.25) is 0 Å². The zero-order chi connectivity index (χ0) is 13.6. The minimum Gasteiger partial charge on any atom is -0.479 e. The number of rotatable bonds is 3. The number of fused-ring (bicyclic) bond motifs is 1. The lowest BCUT2D eigenvalue weighted by Crippen LogP contribution is -2.44. The third-order valence-electron chi connectivity index (χ3n) is 3.64. The summed E-state index contributed by atoms with van der Waals surface area (Å²) in [5.41, 5.74) is 6.72. The number of ether oxygens (including phenoxy) is 1. The van der Waals surface area contributed by atoms with Gasteiger partial charge in [-0.15, -0.1) is 0 Å². The van der Waals surface area contributed by atoms with Gasteiger partial charge in [-0.2, -0.15) is 9.97 Å². The van der Waals surface area contributed by atoms with E-state index in [0.29, 0.717) is 23.5 Å². The minimum absolute atomic E-state index is 0.0380. The molecule has 8 nitrogen and oxygen atoms in total. The maximum Gasteiger partial charge on any atom is 0.246 e. The van der Waals surface area contributed by atoms with Crippen LogP contribution in [-0.4, -0.2) is 49.6 Å². The van der Waals surface area contributed by atoms with Crippen molar-refractivity contribution >= 4 is 17.1 Å². The Morgan fingerprint density at radius 1 is 1.53 bits per heavy atom. The van der Waals surface area contributed by atoms with Gasteiger partial charge in [0.15, 0.2) is 11.2 Å². The van der Waals surface area contributed by atoms with E-state index >= 15 is 0 Å². The maximum absolute atomic E-state index is 9.63. The fourth-order valence-corrected chi connectivity index (χ4v) is 2.51. The van der Waals surface area contributed by atoms with Crippen LogP contribution in [0.5, 0.6) is 5.88 Å². The minimum atomic E-state index is -0.492. The Hall–Kier alpha value is -1.93. The van der Waals surface area contributed by atoms with Crippen LogP contribution >= 0.6 is 0 Å². The van der Waals surface area contributed by atoms with Gasteiger partial charge >= 0.3 is 0 Å². The van der Waals surface area contributed by atoms with Crippen molar-refractivity contribution in [3.8, 4) is 5.88 Å². The molecule has 0 bridgehead atoms. The van der Waals surface area contributed by atoms with Crippen LogP contribution in [0, 0.1) is 5.92 Å². The van der Waals surface area contributed by atoms with Crippen LogP contribution < -0.4 is 10.5 Å². The van der Waals surface area contributed by atoms with Gasteiger partial charge in [0.1, 0.15) is 0 Å². The van der Waals surface area contributed by atoms with Gasteiger partial charge in [0.05, 0.1) is 26.1 Å². The molecule has 19 heavy (non-hydrogen) atoms. The monoisotopic (exact) mass is 265 g/mol. The van der Waals surface area contributed by atoms with Gasteiger partial charge in [-0.25, -0.2) is 4.98 Å². The van der Waals surface area contributed by atoms with Gasteiger partial charge in [0.2, 0.25) is 11.8 Å². The summed E-state index contributed by atoms with van der Waals surface area (Å²) in [6.45, 7) is -0.0802. The van der Waals surface area contributed by atoms with Crippen molar-refractivity contribution in [3.05, 3.63) is 6.33 Å². The molecule has 2 heterocycles. The highest BCUT2D eigenvalue weighted by Gasteiger charge is 2.41. The first-order chi connectivity index (χ1) is 9.15. The number of nitrogens with two attached hydrogens (primary N) is 1. The molecule has 0 radical (unpaired) electrons. The summed E-state index contributed by atoms with van der Waals surface area (Å²) in [4.78, 5) is 12.3. The number of anilines is 1. The topological polar surface area (TPSA) is 119 Å². The SMILES string of the molecule is COc1nc(N)nc2c1ncn2[C@H]1C[C@@H](O)[C@@H]1CO. The molecule has 1 aliphatic rings. The molecular formula is C11H15N5O3. The first kappa shape index (κ1) is 12.1. The quantitative estimate of drug-likeness (QED) is 0.673. The summed E-state index contributed by atoms with van der Waals surface area (Å²) in [7, 11) is 1.49. The molecule has 3 rings (SSSR count). The van der Waals surface area contributed by atoms with Crippen LogP contribution in [-0.2, 0) is 0 Å². The summed E-state index contributed by atoms with van der Waals surface area (Å²) in [5, 5.41) is 18.9. The van der Waals surface area contributed by atoms with Crippen LogP contribution in [0.1, 0.15) is 12.5 Å². The summed E-state index contributed by atoms with van der Waals surface area (Å²) in [6, 6.07) is -0.0380. The smallest absolute Gasteiger partial charge is 0.246 e. The molecule has 1 saturated carbocycles. The van der Waals surface area contributed by atoms with Crippen molar-refractivity contribution in [1.29, 1.82) is 0 Å². The number of hydrogen-bond donors (Lipinski definition) is 3. The van der Waals surface area contributed by atoms with Crippen molar-refractivity contribution in [2.24, 2.45) is 5.92 Å². The summed E-state index contributed by atoms with van der Waals surface area (Å²) in [5.74, 6) is 0.216. The lowest BCUT2D eigenvalue weighted by atomic mass is 9.77. The molecule has 0 spiro atoms. The van der Waals surface area contributed by atoms with Crippen LogP contribution in [0.15, 0.2) is 6.33 Å². The van der Waals surface area contributed by atoms with Gasteiger partial charge < -0.3 is 25.3 Å². The molecule has 1 aliphatic carbocycles. The average Bonchev–Trinajstić information content (AvgIpc) is 2.78. The highest BCUT2D eigenvalue weighted by molar-refractivity contribution is 5.77. The fraction of sp³-hybridized carbons (Fsp3) is 0.545. The molecule has 0 aliphatic heterocycles. The van der Waals surface area contributed by atoms with Crippen molar-refractivity contribution in [2.75, 3.05) is 19.5 Å².